The van der Waals surface area contributed by atoms with E-state index in [2.05, 4.69) is 17.4 Å². The lowest BCUT2D eigenvalue weighted by molar-refractivity contribution is 0.370. The molecule has 1 unspecified atom stereocenters. The summed E-state index contributed by atoms with van der Waals surface area (Å²) in [6, 6.07) is 18.1. The fraction of sp³-hybridized carbons (Fsp3) is 0.250. The minimum Gasteiger partial charge on any atom is -0.497 e. The minimum absolute atomic E-state index is 0.576. The van der Waals surface area contributed by atoms with Crippen LogP contribution in [-0.2, 0) is 12.1 Å². The van der Waals surface area contributed by atoms with Gasteiger partial charge in [-0.15, -0.1) is 0 Å². The number of hydrogen-bond acceptors (Lipinski definition) is 3. The van der Waals surface area contributed by atoms with Crippen LogP contribution >= 0.6 is 0 Å². The Labute approximate surface area is 114 Å². The minimum atomic E-state index is -0.576. The number of nitrogens with one attached hydrogen (secondary N) is 1. The zero-order valence-electron chi connectivity index (χ0n) is 11.4. The topological polar surface area (TPSA) is 47.3 Å². The molecule has 0 bridgehead atoms. The van der Waals surface area contributed by atoms with Crippen LogP contribution in [-0.4, -0.2) is 14.2 Å². The Morgan fingerprint density at radius 3 is 2.21 bits per heavy atom. The molecule has 2 rings (SSSR count). The summed E-state index contributed by atoms with van der Waals surface area (Å²) in [6.07, 6.45) is 0.733. The number of nitrogens with two attached hydrogens (primary N) is 1. The Balaban J connectivity index is 2.25. The molecule has 0 aliphatic heterocycles. The lowest BCUT2D eigenvalue weighted by Gasteiger charge is -2.30. The second kappa shape index (κ2) is 5.87. The van der Waals surface area contributed by atoms with Crippen LogP contribution < -0.4 is 15.8 Å². The summed E-state index contributed by atoms with van der Waals surface area (Å²) in [5.74, 6) is 0.835. The second-order valence-corrected chi connectivity index (χ2v) is 4.61. The van der Waals surface area contributed by atoms with Crippen molar-refractivity contribution in [3.05, 3.63) is 65.7 Å². The van der Waals surface area contributed by atoms with E-state index >= 15 is 0 Å². The van der Waals surface area contributed by atoms with Gasteiger partial charge in [-0.25, -0.2) is 0 Å². The fourth-order valence-electron chi connectivity index (χ4n) is 2.14. The Hall–Kier alpha value is -1.84. The third kappa shape index (κ3) is 3.13. The first-order valence-corrected chi connectivity index (χ1v) is 6.34. The van der Waals surface area contributed by atoms with Crippen molar-refractivity contribution in [2.45, 2.75) is 12.1 Å². The molecule has 3 heteroatoms. The van der Waals surface area contributed by atoms with Gasteiger partial charge in [-0.3, -0.25) is 5.32 Å². The molecule has 2 aromatic carbocycles. The van der Waals surface area contributed by atoms with Gasteiger partial charge < -0.3 is 10.5 Å². The van der Waals surface area contributed by atoms with Crippen LogP contribution in [0.15, 0.2) is 54.6 Å². The van der Waals surface area contributed by atoms with Gasteiger partial charge >= 0.3 is 0 Å². The fourth-order valence-corrected chi connectivity index (χ4v) is 2.14. The molecule has 0 saturated heterocycles. The molecule has 0 aliphatic rings. The third-order valence-electron chi connectivity index (χ3n) is 3.38. The van der Waals surface area contributed by atoms with Gasteiger partial charge in [0.25, 0.3) is 0 Å². The molecule has 0 fully saturated rings. The molecular formula is C16H20N2O. The summed E-state index contributed by atoms with van der Waals surface area (Å²) in [6.45, 7) is 0. The van der Waals surface area contributed by atoms with Gasteiger partial charge in [-0.1, -0.05) is 42.5 Å². The quantitative estimate of drug-likeness (QED) is 0.807. The molecule has 1 atom stereocenters. The van der Waals surface area contributed by atoms with Crippen molar-refractivity contribution in [2.75, 3.05) is 14.2 Å². The maximum absolute atomic E-state index is 6.49. The van der Waals surface area contributed by atoms with Crippen molar-refractivity contribution in [3.63, 3.8) is 0 Å². The van der Waals surface area contributed by atoms with Gasteiger partial charge in [0.2, 0.25) is 0 Å². The first kappa shape index (κ1) is 13.6. The van der Waals surface area contributed by atoms with Gasteiger partial charge in [0, 0.05) is 6.42 Å². The molecule has 0 aliphatic carbocycles. The van der Waals surface area contributed by atoms with E-state index in [0.29, 0.717) is 0 Å². The first-order chi connectivity index (χ1) is 9.18. The zero-order chi connectivity index (χ0) is 13.7. The summed E-state index contributed by atoms with van der Waals surface area (Å²) in [5, 5.41) is 3.22. The van der Waals surface area contributed by atoms with Crippen LogP contribution in [0, 0.1) is 0 Å². The molecule has 3 nitrogen and oxygen atoms in total. The monoisotopic (exact) mass is 256 g/mol. The Morgan fingerprint density at radius 1 is 1.05 bits per heavy atom. The van der Waals surface area contributed by atoms with E-state index < -0.39 is 5.66 Å². The summed E-state index contributed by atoms with van der Waals surface area (Å²) < 4.78 is 5.17. The SMILES string of the molecule is CNC(N)(Cc1ccccc1)c1ccc(OC)cc1. The molecule has 0 aromatic heterocycles. The van der Waals surface area contributed by atoms with Crippen molar-refractivity contribution < 1.29 is 4.74 Å². The van der Waals surface area contributed by atoms with Gasteiger partial charge in [0.1, 0.15) is 5.75 Å². The molecule has 0 heterocycles. The van der Waals surface area contributed by atoms with Crippen molar-refractivity contribution in [1.29, 1.82) is 0 Å². The highest BCUT2D eigenvalue weighted by Crippen LogP contribution is 2.22. The highest BCUT2D eigenvalue weighted by Gasteiger charge is 2.25. The highest BCUT2D eigenvalue weighted by molar-refractivity contribution is 5.33. The number of ether oxygens (including phenoxy) is 1. The Bertz CT molecular complexity index is 510. The van der Waals surface area contributed by atoms with Crippen LogP contribution in [0.4, 0.5) is 0 Å². The van der Waals surface area contributed by atoms with E-state index in [-0.39, 0.29) is 0 Å². The Kier molecular flexibility index (Phi) is 4.20. The summed E-state index contributed by atoms with van der Waals surface area (Å²) >= 11 is 0. The lowest BCUT2D eigenvalue weighted by atomic mass is 9.92. The molecule has 3 N–H and O–H groups in total. The van der Waals surface area contributed by atoms with E-state index in [1.807, 2.05) is 49.5 Å². The van der Waals surface area contributed by atoms with Crippen molar-refractivity contribution in [3.8, 4) is 5.75 Å². The van der Waals surface area contributed by atoms with E-state index in [1.165, 1.54) is 5.56 Å². The molecule has 0 spiro atoms. The number of methoxy groups -OCH3 is 1. The van der Waals surface area contributed by atoms with Crippen LogP contribution in [0.2, 0.25) is 0 Å². The normalized spacial score (nSPS) is 13.8. The maximum atomic E-state index is 6.49. The molecule has 100 valence electrons. The molecule has 0 saturated carbocycles. The zero-order valence-corrected chi connectivity index (χ0v) is 11.4. The first-order valence-electron chi connectivity index (χ1n) is 6.34. The van der Waals surface area contributed by atoms with Gasteiger partial charge in [-0.05, 0) is 30.3 Å². The van der Waals surface area contributed by atoms with Gasteiger partial charge in [0.15, 0.2) is 0 Å². The molecule has 19 heavy (non-hydrogen) atoms. The predicted molar refractivity (Wildman–Crippen MR) is 78.1 cm³/mol. The van der Waals surface area contributed by atoms with Crippen LogP contribution in [0.25, 0.3) is 0 Å². The van der Waals surface area contributed by atoms with Crippen molar-refractivity contribution >= 4 is 0 Å². The second-order valence-electron chi connectivity index (χ2n) is 4.61. The molecule has 2 aromatic rings. The molecule has 0 radical (unpaired) electrons. The lowest BCUT2D eigenvalue weighted by Crippen LogP contribution is -2.50. The maximum Gasteiger partial charge on any atom is 0.118 e. The number of benzene rings is 2. The summed E-state index contributed by atoms with van der Waals surface area (Å²) in [7, 11) is 3.54. The Morgan fingerprint density at radius 2 is 1.68 bits per heavy atom. The molecular weight excluding hydrogens is 236 g/mol. The van der Waals surface area contributed by atoms with Crippen LogP contribution in [0.1, 0.15) is 11.1 Å². The number of hydrogen-bond donors (Lipinski definition) is 2. The average molecular weight is 256 g/mol. The molecule has 0 amide bonds. The van der Waals surface area contributed by atoms with E-state index in [1.54, 1.807) is 7.11 Å². The van der Waals surface area contributed by atoms with Crippen LogP contribution in [0.3, 0.4) is 0 Å². The highest BCUT2D eigenvalue weighted by atomic mass is 16.5. The summed E-state index contributed by atoms with van der Waals surface area (Å²) in [4.78, 5) is 0. The number of likely N-dealkylation sites (N-methyl/N-ethyl adjacent to an activating group) is 1. The van der Waals surface area contributed by atoms with Gasteiger partial charge in [0.05, 0.1) is 12.8 Å². The van der Waals surface area contributed by atoms with E-state index in [9.17, 15) is 0 Å². The smallest absolute Gasteiger partial charge is 0.118 e. The summed E-state index contributed by atoms with van der Waals surface area (Å²) in [5.41, 5.74) is 8.16. The van der Waals surface area contributed by atoms with Gasteiger partial charge in [-0.2, -0.15) is 0 Å². The average Bonchev–Trinajstić information content (AvgIpc) is 2.48. The van der Waals surface area contributed by atoms with Crippen molar-refractivity contribution in [2.24, 2.45) is 5.73 Å². The van der Waals surface area contributed by atoms with Crippen molar-refractivity contribution in [1.82, 2.24) is 5.32 Å². The van der Waals surface area contributed by atoms with Crippen LogP contribution in [0.5, 0.6) is 5.75 Å². The van der Waals surface area contributed by atoms with E-state index in [0.717, 1.165) is 17.7 Å². The van der Waals surface area contributed by atoms with E-state index in [4.69, 9.17) is 10.5 Å². The largest absolute Gasteiger partial charge is 0.497 e. The third-order valence-corrected chi connectivity index (χ3v) is 3.38. The predicted octanol–water partition coefficient (Wildman–Crippen LogP) is 2.27. The number of rotatable bonds is 5. The standard InChI is InChI=1S/C16H20N2O/c1-18-16(17,12-13-6-4-3-5-7-13)14-8-10-15(19-2)11-9-14/h3-11,18H,12,17H2,1-2H3.